The van der Waals surface area contributed by atoms with Gasteiger partial charge in [-0.3, -0.25) is 4.79 Å². The molecular formula is C20H23N3O4. The number of urea groups is 1. The summed E-state index contributed by atoms with van der Waals surface area (Å²) in [4.78, 5) is 24.9. The third-order valence-electron chi connectivity index (χ3n) is 4.08. The molecule has 1 heterocycles. The molecule has 0 aliphatic carbocycles. The molecule has 142 valence electrons. The lowest BCUT2D eigenvalue weighted by molar-refractivity contribution is -0.118. The first-order chi connectivity index (χ1) is 13.0. The second-order valence-corrected chi connectivity index (χ2v) is 6.53. The summed E-state index contributed by atoms with van der Waals surface area (Å²) in [5, 5.41) is 8.28. The molecule has 2 aromatic rings. The average Bonchev–Trinajstić information content (AvgIpc) is 2.66. The number of carbonyl (C=O) groups is 2. The van der Waals surface area contributed by atoms with Crippen LogP contribution in [0.2, 0.25) is 0 Å². The van der Waals surface area contributed by atoms with Crippen molar-refractivity contribution >= 4 is 23.3 Å². The molecule has 0 radical (unpaired) electrons. The van der Waals surface area contributed by atoms with Crippen LogP contribution in [0, 0.1) is 5.92 Å². The van der Waals surface area contributed by atoms with Crippen molar-refractivity contribution in [1.29, 1.82) is 0 Å². The predicted molar refractivity (Wildman–Crippen MR) is 103 cm³/mol. The minimum atomic E-state index is -0.693. The summed E-state index contributed by atoms with van der Waals surface area (Å²) in [6.45, 7) is 4.72. The van der Waals surface area contributed by atoms with Crippen LogP contribution < -0.4 is 25.4 Å². The van der Waals surface area contributed by atoms with Gasteiger partial charge in [-0.1, -0.05) is 32.0 Å². The van der Waals surface area contributed by atoms with Gasteiger partial charge in [0, 0.05) is 17.4 Å². The molecule has 1 aliphatic heterocycles. The van der Waals surface area contributed by atoms with Crippen molar-refractivity contribution < 1.29 is 19.1 Å². The molecule has 7 nitrogen and oxygen atoms in total. The number of para-hydroxylation sites is 1. The lowest BCUT2D eigenvalue weighted by Crippen LogP contribution is -2.48. The summed E-state index contributed by atoms with van der Waals surface area (Å²) in [5.74, 6) is 0.851. The van der Waals surface area contributed by atoms with Gasteiger partial charge in [-0.15, -0.1) is 0 Å². The van der Waals surface area contributed by atoms with E-state index >= 15 is 0 Å². The SMILES string of the molecule is CC(C)C(NC(=O)Nc1ccccc1)C(=O)Nc1ccc2c(c1)OCCO2. The quantitative estimate of drug-likeness (QED) is 0.755. The van der Waals surface area contributed by atoms with Crippen LogP contribution in [-0.4, -0.2) is 31.2 Å². The molecule has 27 heavy (non-hydrogen) atoms. The summed E-state index contributed by atoms with van der Waals surface area (Å²) in [7, 11) is 0. The Balaban J connectivity index is 1.64. The number of ether oxygens (including phenoxy) is 2. The van der Waals surface area contributed by atoms with E-state index in [4.69, 9.17) is 9.47 Å². The first-order valence-corrected chi connectivity index (χ1v) is 8.86. The van der Waals surface area contributed by atoms with Crippen LogP contribution in [0.4, 0.5) is 16.2 Å². The third kappa shape index (κ3) is 4.91. The van der Waals surface area contributed by atoms with E-state index in [1.807, 2.05) is 32.0 Å². The lowest BCUT2D eigenvalue weighted by atomic mass is 10.0. The summed E-state index contributed by atoms with van der Waals surface area (Å²) >= 11 is 0. The van der Waals surface area contributed by atoms with E-state index in [1.54, 1.807) is 30.3 Å². The van der Waals surface area contributed by atoms with Crippen LogP contribution in [0.1, 0.15) is 13.8 Å². The van der Waals surface area contributed by atoms with Gasteiger partial charge in [0.2, 0.25) is 5.91 Å². The second-order valence-electron chi connectivity index (χ2n) is 6.53. The van der Waals surface area contributed by atoms with Gasteiger partial charge in [0.25, 0.3) is 0 Å². The minimum Gasteiger partial charge on any atom is -0.486 e. The largest absolute Gasteiger partial charge is 0.486 e. The van der Waals surface area contributed by atoms with Gasteiger partial charge in [0.15, 0.2) is 11.5 Å². The van der Waals surface area contributed by atoms with E-state index in [2.05, 4.69) is 16.0 Å². The zero-order chi connectivity index (χ0) is 19.2. The van der Waals surface area contributed by atoms with E-state index in [-0.39, 0.29) is 11.8 Å². The van der Waals surface area contributed by atoms with Gasteiger partial charge < -0.3 is 25.4 Å². The van der Waals surface area contributed by atoms with E-state index in [9.17, 15) is 9.59 Å². The van der Waals surface area contributed by atoms with Crippen molar-refractivity contribution in [2.24, 2.45) is 5.92 Å². The molecule has 0 fully saturated rings. The van der Waals surface area contributed by atoms with Gasteiger partial charge in [-0.2, -0.15) is 0 Å². The molecule has 1 atom stereocenters. The first kappa shape index (κ1) is 18.6. The monoisotopic (exact) mass is 369 g/mol. The van der Waals surface area contributed by atoms with Crippen LogP contribution in [-0.2, 0) is 4.79 Å². The summed E-state index contributed by atoms with van der Waals surface area (Å²) in [5.41, 5.74) is 1.24. The highest BCUT2D eigenvalue weighted by molar-refractivity contribution is 5.99. The smallest absolute Gasteiger partial charge is 0.319 e. The van der Waals surface area contributed by atoms with Crippen molar-refractivity contribution in [3.8, 4) is 11.5 Å². The van der Waals surface area contributed by atoms with Crippen LogP contribution in [0.25, 0.3) is 0 Å². The van der Waals surface area contributed by atoms with Crippen LogP contribution in [0.5, 0.6) is 11.5 Å². The number of nitrogens with one attached hydrogen (secondary N) is 3. The van der Waals surface area contributed by atoms with Crippen LogP contribution >= 0.6 is 0 Å². The minimum absolute atomic E-state index is 0.0938. The lowest BCUT2D eigenvalue weighted by Gasteiger charge is -2.23. The third-order valence-corrected chi connectivity index (χ3v) is 4.08. The number of carbonyl (C=O) groups excluding carboxylic acids is 2. The average molecular weight is 369 g/mol. The molecule has 3 N–H and O–H groups in total. The molecule has 0 bridgehead atoms. The van der Waals surface area contributed by atoms with E-state index in [0.29, 0.717) is 36.1 Å². The van der Waals surface area contributed by atoms with E-state index in [0.717, 1.165) is 0 Å². The number of hydrogen-bond acceptors (Lipinski definition) is 4. The number of fused-ring (bicyclic) bond motifs is 1. The second kappa shape index (κ2) is 8.44. The molecular weight excluding hydrogens is 346 g/mol. The Morgan fingerprint density at radius 1 is 0.889 bits per heavy atom. The molecule has 0 saturated heterocycles. The Morgan fingerprint density at radius 2 is 1.59 bits per heavy atom. The number of benzene rings is 2. The maximum atomic E-state index is 12.7. The van der Waals surface area contributed by atoms with E-state index in [1.165, 1.54) is 0 Å². The topological polar surface area (TPSA) is 88.7 Å². The van der Waals surface area contributed by atoms with Crippen LogP contribution in [0.3, 0.4) is 0 Å². The number of anilines is 2. The molecule has 0 spiro atoms. The summed E-state index contributed by atoms with van der Waals surface area (Å²) in [6.07, 6.45) is 0. The highest BCUT2D eigenvalue weighted by Gasteiger charge is 2.25. The van der Waals surface area contributed by atoms with Gasteiger partial charge in [-0.25, -0.2) is 4.79 Å². The molecule has 3 amide bonds. The standard InChI is InChI=1S/C20H23N3O4/c1-13(2)18(23-20(25)22-14-6-4-3-5-7-14)19(24)21-15-8-9-16-17(12-15)27-11-10-26-16/h3-9,12-13,18H,10-11H2,1-2H3,(H,21,24)(H2,22,23,25). The zero-order valence-electron chi connectivity index (χ0n) is 15.3. The van der Waals surface area contributed by atoms with Crippen molar-refractivity contribution in [3.63, 3.8) is 0 Å². The fraction of sp³-hybridized carbons (Fsp3) is 0.300. The molecule has 7 heteroatoms. The molecule has 1 unspecified atom stereocenters. The Kier molecular flexibility index (Phi) is 5.80. The summed E-state index contributed by atoms with van der Waals surface area (Å²) < 4.78 is 11.0. The fourth-order valence-electron chi connectivity index (χ4n) is 2.71. The molecule has 2 aromatic carbocycles. The Hall–Kier alpha value is -3.22. The first-order valence-electron chi connectivity index (χ1n) is 8.86. The van der Waals surface area contributed by atoms with Gasteiger partial charge in [-0.05, 0) is 30.2 Å². The maximum absolute atomic E-state index is 12.7. The zero-order valence-corrected chi connectivity index (χ0v) is 15.3. The van der Waals surface area contributed by atoms with Gasteiger partial charge in [0.1, 0.15) is 19.3 Å². The number of hydrogen-bond donors (Lipinski definition) is 3. The van der Waals surface area contributed by atoms with Crippen molar-refractivity contribution in [1.82, 2.24) is 5.32 Å². The highest BCUT2D eigenvalue weighted by atomic mass is 16.6. The molecule has 1 aliphatic rings. The Morgan fingerprint density at radius 3 is 2.30 bits per heavy atom. The van der Waals surface area contributed by atoms with E-state index < -0.39 is 12.1 Å². The highest BCUT2D eigenvalue weighted by Crippen LogP contribution is 2.32. The fourth-order valence-corrected chi connectivity index (χ4v) is 2.71. The van der Waals surface area contributed by atoms with Crippen molar-refractivity contribution in [2.45, 2.75) is 19.9 Å². The number of amides is 3. The Labute approximate surface area is 158 Å². The van der Waals surface area contributed by atoms with Crippen LogP contribution in [0.15, 0.2) is 48.5 Å². The van der Waals surface area contributed by atoms with Gasteiger partial charge in [0.05, 0.1) is 0 Å². The van der Waals surface area contributed by atoms with Crippen molar-refractivity contribution in [3.05, 3.63) is 48.5 Å². The Bertz CT molecular complexity index is 808. The van der Waals surface area contributed by atoms with Gasteiger partial charge >= 0.3 is 6.03 Å². The normalized spacial score (nSPS) is 13.6. The van der Waals surface area contributed by atoms with Crippen molar-refractivity contribution in [2.75, 3.05) is 23.8 Å². The predicted octanol–water partition coefficient (Wildman–Crippen LogP) is 3.24. The maximum Gasteiger partial charge on any atom is 0.319 e. The molecule has 0 saturated carbocycles. The molecule has 0 aromatic heterocycles. The molecule has 3 rings (SSSR count). The number of rotatable bonds is 5. The summed E-state index contributed by atoms with van der Waals surface area (Å²) in [6, 6.07) is 13.2.